The first-order valence-electron chi connectivity index (χ1n) is 7.17. The molecule has 0 aromatic heterocycles. The minimum atomic E-state index is -0.863. The highest BCUT2D eigenvalue weighted by Gasteiger charge is 2.29. The molecule has 1 aromatic carbocycles. The summed E-state index contributed by atoms with van der Waals surface area (Å²) in [5.74, 6) is -0.701. The SMILES string of the molecule is O=C(O)[C@@H]1CCCN(C(=O)c2cc(Cl)c3c(c2)OCCO3)C1. The van der Waals surface area contributed by atoms with E-state index in [9.17, 15) is 9.59 Å². The summed E-state index contributed by atoms with van der Waals surface area (Å²) < 4.78 is 10.9. The second-order valence-electron chi connectivity index (χ2n) is 5.41. The quantitative estimate of drug-likeness (QED) is 0.900. The number of halogens is 1. The van der Waals surface area contributed by atoms with Gasteiger partial charge in [-0.1, -0.05) is 11.6 Å². The van der Waals surface area contributed by atoms with E-state index in [0.29, 0.717) is 54.7 Å². The molecule has 0 saturated carbocycles. The Bertz CT molecular complexity index is 618. The highest BCUT2D eigenvalue weighted by atomic mass is 35.5. The maximum atomic E-state index is 12.6. The number of aliphatic carboxylic acids is 1. The average Bonchev–Trinajstić information content (AvgIpc) is 2.54. The molecule has 22 heavy (non-hydrogen) atoms. The first-order chi connectivity index (χ1) is 10.6. The summed E-state index contributed by atoms with van der Waals surface area (Å²) in [6.07, 6.45) is 1.28. The van der Waals surface area contributed by atoms with Crippen LogP contribution in [0.1, 0.15) is 23.2 Å². The number of rotatable bonds is 2. The van der Waals surface area contributed by atoms with Gasteiger partial charge >= 0.3 is 5.97 Å². The van der Waals surface area contributed by atoms with Crippen LogP contribution in [0.4, 0.5) is 0 Å². The van der Waals surface area contributed by atoms with Gasteiger partial charge in [0.25, 0.3) is 5.91 Å². The van der Waals surface area contributed by atoms with Gasteiger partial charge in [0.15, 0.2) is 11.5 Å². The molecular formula is C15H16ClNO5. The predicted molar refractivity (Wildman–Crippen MR) is 78.7 cm³/mol. The van der Waals surface area contributed by atoms with Gasteiger partial charge in [-0.3, -0.25) is 9.59 Å². The van der Waals surface area contributed by atoms with Gasteiger partial charge in [0, 0.05) is 18.7 Å². The fourth-order valence-electron chi connectivity index (χ4n) is 2.78. The number of piperidine rings is 1. The number of nitrogens with zero attached hydrogens (tertiary/aromatic N) is 1. The molecule has 7 heteroatoms. The molecule has 1 amide bonds. The van der Waals surface area contributed by atoms with Crippen LogP contribution in [-0.2, 0) is 4.79 Å². The van der Waals surface area contributed by atoms with Crippen molar-refractivity contribution in [3.63, 3.8) is 0 Å². The van der Waals surface area contributed by atoms with Gasteiger partial charge in [-0.2, -0.15) is 0 Å². The molecule has 0 aliphatic carbocycles. The van der Waals surface area contributed by atoms with Gasteiger partial charge < -0.3 is 19.5 Å². The van der Waals surface area contributed by atoms with Gasteiger partial charge in [0.05, 0.1) is 10.9 Å². The van der Waals surface area contributed by atoms with Crippen LogP contribution in [0.5, 0.6) is 11.5 Å². The number of carbonyl (C=O) groups is 2. The molecule has 0 spiro atoms. The van der Waals surface area contributed by atoms with E-state index < -0.39 is 11.9 Å². The third kappa shape index (κ3) is 2.83. The van der Waals surface area contributed by atoms with E-state index in [-0.39, 0.29) is 12.5 Å². The van der Waals surface area contributed by atoms with Crippen molar-refractivity contribution in [2.24, 2.45) is 5.92 Å². The zero-order valence-electron chi connectivity index (χ0n) is 11.9. The smallest absolute Gasteiger partial charge is 0.308 e. The maximum absolute atomic E-state index is 12.6. The van der Waals surface area contributed by atoms with Crippen LogP contribution in [0.15, 0.2) is 12.1 Å². The molecular weight excluding hydrogens is 310 g/mol. The Morgan fingerprint density at radius 3 is 2.82 bits per heavy atom. The maximum Gasteiger partial charge on any atom is 0.308 e. The molecule has 1 saturated heterocycles. The standard InChI is InChI=1S/C15H16ClNO5/c16-11-6-10(7-12-13(11)22-5-4-21-12)14(18)17-3-1-2-9(8-17)15(19)20/h6-7,9H,1-5,8H2,(H,19,20)/t9-/m1/s1. The topological polar surface area (TPSA) is 76.1 Å². The predicted octanol–water partition coefficient (Wildman–Crippen LogP) is 2.05. The Hall–Kier alpha value is -1.95. The minimum absolute atomic E-state index is 0.222. The molecule has 1 N–H and O–H groups in total. The average molecular weight is 326 g/mol. The number of amides is 1. The second-order valence-corrected chi connectivity index (χ2v) is 5.82. The summed E-state index contributed by atoms with van der Waals surface area (Å²) in [5.41, 5.74) is 0.389. The van der Waals surface area contributed by atoms with E-state index in [1.165, 1.54) is 0 Å². The molecule has 2 heterocycles. The molecule has 2 aliphatic heterocycles. The highest BCUT2D eigenvalue weighted by Crippen LogP contribution is 2.38. The number of carbonyl (C=O) groups excluding carboxylic acids is 1. The Kier molecular flexibility index (Phi) is 4.11. The second kappa shape index (κ2) is 6.04. The van der Waals surface area contributed by atoms with Crippen LogP contribution in [0, 0.1) is 5.92 Å². The van der Waals surface area contributed by atoms with Crippen LogP contribution in [-0.4, -0.2) is 48.2 Å². The lowest BCUT2D eigenvalue weighted by Crippen LogP contribution is -2.42. The van der Waals surface area contributed by atoms with E-state index in [0.717, 1.165) is 0 Å². The van der Waals surface area contributed by atoms with Crippen LogP contribution in [0.2, 0.25) is 5.02 Å². The van der Waals surface area contributed by atoms with Crippen molar-refractivity contribution in [2.45, 2.75) is 12.8 Å². The third-order valence-electron chi connectivity index (χ3n) is 3.90. The lowest BCUT2D eigenvalue weighted by atomic mass is 9.97. The van der Waals surface area contributed by atoms with Crippen molar-refractivity contribution in [1.29, 1.82) is 0 Å². The molecule has 1 aromatic rings. The van der Waals surface area contributed by atoms with Gasteiger partial charge in [0.1, 0.15) is 13.2 Å². The molecule has 6 nitrogen and oxygen atoms in total. The Morgan fingerprint density at radius 1 is 1.27 bits per heavy atom. The van der Waals surface area contributed by atoms with Crippen LogP contribution in [0.3, 0.4) is 0 Å². The largest absolute Gasteiger partial charge is 0.486 e. The summed E-state index contributed by atoms with van der Waals surface area (Å²) in [6.45, 7) is 1.60. The first-order valence-corrected chi connectivity index (χ1v) is 7.55. The lowest BCUT2D eigenvalue weighted by molar-refractivity contribution is -0.143. The van der Waals surface area contributed by atoms with Crippen LogP contribution < -0.4 is 9.47 Å². The lowest BCUT2D eigenvalue weighted by Gasteiger charge is -2.31. The Labute approximate surface area is 132 Å². The molecule has 1 fully saturated rings. The van der Waals surface area contributed by atoms with E-state index in [4.69, 9.17) is 26.2 Å². The summed E-state index contributed by atoms with van der Waals surface area (Å²) in [6, 6.07) is 3.15. The zero-order chi connectivity index (χ0) is 15.7. The van der Waals surface area contributed by atoms with E-state index in [1.54, 1.807) is 17.0 Å². The first kappa shape index (κ1) is 15.0. The van der Waals surface area contributed by atoms with Crippen molar-refractivity contribution >= 4 is 23.5 Å². The van der Waals surface area contributed by atoms with Crippen molar-refractivity contribution in [3.8, 4) is 11.5 Å². The van der Waals surface area contributed by atoms with Crippen LogP contribution in [0.25, 0.3) is 0 Å². The number of hydrogen-bond acceptors (Lipinski definition) is 4. The molecule has 118 valence electrons. The van der Waals surface area contributed by atoms with Gasteiger partial charge in [0.2, 0.25) is 0 Å². The summed E-state index contributed by atoms with van der Waals surface area (Å²) >= 11 is 6.14. The van der Waals surface area contributed by atoms with Crippen molar-refractivity contribution in [2.75, 3.05) is 26.3 Å². The monoisotopic (exact) mass is 325 g/mol. The number of hydrogen-bond donors (Lipinski definition) is 1. The van der Waals surface area contributed by atoms with Crippen LogP contribution >= 0.6 is 11.6 Å². The minimum Gasteiger partial charge on any atom is -0.486 e. The van der Waals surface area contributed by atoms with Gasteiger partial charge in [-0.05, 0) is 25.0 Å². The molecule has 1 atom stereocenters. The summed E-state index contributed by atoms with van der Waals surface area (Å²) in [4.78, 5) is 25.3. The number of benzene rings is 1. The normalized spacial score (nSPS) is 20.6. The Balaban J connectivity index is 1.83. The highest BCUT2D eigenvalue weighted by molar-refractivity contribution is 6.32. The van der Waals surface area contributed by atoms with E-state index in [2.05, 4.69) is 0 Å². The van der Waals surface area contributed by atoms with Crippen molar-refractivity contribution in [1.82, 2.24) is 4.90 Å². The van der Waals surface area contributed by atoms with Crippen molar-refractivity contribution in [3.05, 3.63) is 22.7 Å². The van der Waals surface area contributed by atoms with E-state index in [1.807, 2.05) is 0 Å². The molecule has 2 aliphatic rings. The molecule has 0 radical (unpaired) electrons. The number of ether oxygens (including phenoxy) is 2. The molecule has 3 rings (SSSR count). The summed E-state index contributed by atoms with van der Waals surface area (Å²) in [7, 11) is 0. The fourth-order valence-corrected chi connectivity index (χ4v) is 3.05. The fraction of sp³-hybridized carbons (Fsp3) is 0.467. The number of fused-ring (bicyclic) bond motifs is 1. The van der Waals surface area contributed by atoms with Crippen molar-refractivity contribution < 1.29 is 24.2 Å². The third-order valence-corrected chi connectivity index (χ3v) is 4.18. The zero-order valence-corrected chi connectivity index (χ0v) is 12.6. The van der Waals surface area contributed by atoms with Gasteiger partial charge in [-0.25, -0.2) is 0 Å². The summed E-state index contributed by atoms with van der Waals surface area (Å²) in [5, 5.41) is 9.44. The number of carboxylic acids is 1. The number of carboxylic acid groups (broad SMARTS) is 1. The van der Waals surface area contributed by atoms with Gasteiger partial charge in [-0.15, -0.1) is 0 Å². The molecule has 0 unspecified atom stereocenters. The molecule has 0 bridgehead atoms. The number of likely N-dealkylation sites (tertiary alicyclic amines) is 1. The van der Waals surface area contributed by atoms with E-state index >= 15 is 0 Å². The Morgan fingerprint density at radius 2 is 2.05 bits per heavy atom.